The second-order valence-electron chi connectivity index (χ2n) is 6.61. The maximum absolute atomic E-state index is 12.6. The van der Waals surface area contributed by atoms with Gasteiger partial charge in [0, 0.05) is 12.3 Å². The summed E-state index contributed by atoms with van der Waals surface area (Å²) in [6, 6.07) is 14.3. The number of aliphatic carboxylic acids is 1. The molecule has 3 rings (SSSR count). The molecule has 0 unspecified atom stereocenters. The Morgan fingerprint density at radius 2 is 1.76 bits per heavy atom. The number of nitrogens with zero attached hydrogens (tertiary/aromatic N) is 4. The number of fused-ring (bicyclic) bond motifs is 3. The van der Waals surface area contributed by atoms with Gasteiger partial charge in [-0.15, -0.1) is 10.5 Å². The number of carbonyl (C=O) groups is 2. The predicted molar refractivity (Wildman–Crippen MR) is 106 cm³/mol. The van der Waals surface area contributed by atoms with E-state index in [0.29, 0.717) is 11.4 Å². The lowest BCUT2D eigenvalue weighted by Gasteiger charge is -2.20. The van der Waals surface area contributed by atoms with Gasteiger partial charge < -0.3 is 15.6 Å². The summed E-state index contributed by atoms with van der Waals surface area (Å²) < 4.78 is 5.39. The summed E-state index contributed by atoms with van der Waals surface area (Å²) in [4.78, 5) is 26.7. The lowest BCUT2D eigenvalue weighted by molar-refractivity contribution is -0.143. The molecule has 3 N–H and O–H groups in total. The number of azide groups is 1. The fourth-order valence-corrected chi connectivity index (χ4v) is 3.59. The summed E-state index contributed by atoms with van der Waals surface area (Å²) in [5.74, 6) is -1.48. The topological polar surface area (TPSA) is 142 Å². The normalized spacial score (nSPS) is 13.0. The quantitative estimate of drug-likeness (QED) is 0.304. The molecule has 0 aliphatic heterocycles. The Morgan fingerprint density at radius 1 is 1.17 bits per heavy atom. The maximum atomic E-state index is 12.6. The van der Waals surface area contributed by atoms with Crippen LogP contribution in [0.3, 0.4) is 0 Å². The molecule has 0 saturated heterocycles. The van der Waals surface area contributed by atoms with Gasteiger partial charge >= 0.3 is 12.1 Å². The lowest BCUT2D eigenvalue weighted by Crippen LogP contribution is -2.42. The first-order valence-corrected chi connectivity index (χ1v) is 9.20. The molecular weight excluding hydrogens is 374 g/mol. The average molecular weight is 395 g/mol. The Kier molecular flexibility index (Phi) is 6.33. The molecule has 1 amide bonds. The van der Waals surface area contributed by atoms with E-state index in [4.69, 9.17) is 16.0 Å². The molecule has 0 radical (unpaired) electrons. The second-order valence-corrected chi connectivity index (χ2v) is 6.61. The van der Waals surface area contributed by atoms with Crippen LogP contribution in [0.4, 0.5) is 4.79 Å². The smallest absolute Gasteiger partial charge is 0.478 e. The van der Waals surface area contributed by atoms with Gasteiger partial charge in [0.1, 0.15) is 6.61 Å². The summed E-state index contributed by atoms with van der Waals surface area (Å²) in [6.45, 7) is 0.242. The number of carboxylic acids is 1. The summed E-state index contributed by atoms with van der Waals surface area (Å²) in [7, 11) is 0. The van der Waals surface area contributed by atoms with Crippen molar-refractivity contribution in [3.63, 3.8) is 0 Å². The fourth-order valence-electron chi connectivity index (χ4n) is 3.59. The Hall–Kier alpha value is -3.55. The van der Waals surface area contributed by atoms with Crippen LogP contribution < -0.4 is 5.73 Å². The van der Waals surface area contributed by atoms with Crippen molar-refractivity contribution in [3.05, 3.63) is 70.1 Å². The molecule has 29 heavy (non-hydrogen) atoms. The molecule has 0 spiro atoms. The second kappa shape index (κ2) is 9.09. The molecule has 9 nitrogen and oxygen atoms in total. The summed E-state index contributed by atoms with van der Waals surface area (Å²) in [5, 5.41) is 13.2. The minimum absolute atomic E-state index is 0.00641. The number of hydrogen-bond acceptors (Lipinski definition) is 5. The zero-order chi connectivity index (χ0) is 20.8. The van der Waals surface area contributed by atoms with Crippen LogP contribution in [0.25, 0.3) is 21.6 Å². The van der Waals surface area contributed by atoms with E-state index in [-0.39, 0.29) is 25.5 Å². The van der Waals surface area contributed by atoms with E-state index >= 15 is 0 Å². The van der Waals surface area contributed by atoms with Crippen molar-refractivity contribution in [1.82, 2.24) is 5.01 Å². The van der Waals surface area contributed by atoms with Gasteiger partial charge in [0.15, 0.2) is 0 Å². The van der Waals surface area contributed by atoms with Crippen LogP contribution >= 0.6 is 0 Å². The first-order chi connectivity index (χ1) is 14.1. The van der Waals surface area contributed by atoms with Crippen LogP contribution in [0.5, 0.6) is 0 Å². The zero-order valence-electron chi connectivity index (χ0n) is 15.6. The molecule has 0 bridgehead atoms. The minimum Gasteiger partial charge on any atom is -0.478 e. The molecule has 9 heteroatoms. The van der Waals surface area contributed by atoms with Gasteiger partial charge in [0.05, 0.1) is 0 Å². The number of carboxylic acid groups (broad SMARTS) is 1. The number of ether oxygens (including phenoxy) is 1. The van der Waals surface area contributed by atoms with Gasteiger partial charge in [-0.2, -0.15) is 9.71 Å². The number of rotatable bonds is 8. The van der Waals surface area contributed by atoms with Crippen molar-refractivity contribution in [2.24, 2.45) is 11.0 Å². The van der Waals surface area contributed by atoms with Crippen molar-refractivity contribution in [3.8, 4) is 11.1 Å². The first kappa shape index (κ1) is 20.2. The average Bonchev–Trinajstić information content (AvgIpc) is 3.05. The minimum atomic E-state index is -1.34. The highest BCUT2D eigenvalue weighted by Crippen LogP contribution is 2.44. The number of benzene rings is 2. The Bertz CT molecular complexity index is 912. The van der Waals surface area contributed by atoms with Crippen molar-refractivity contribution in [2.75, 3.05) is 13.2 Å². The maximum Gasteiger partial charge on any atom is 0.511 e. The Labute approximate surface area is 167 Å². The molecular formula is C20H21N5O4. The third-order valence-corrected chi connectivity index (χ3v) is 4.92. The predicted octanol–water partition coefficient (Wildman–Crippen LogP) is 3.65. The highest BCUT2D eigenvalue weighted by atomic mass is 16.6. The van der Waals surface area contributed by atoms with Crippen molar-refractivity contribution in [1.29, 1.82) is 0 Å². The number of carbonyl (C=O) groups excluding carboxylic acids is 1. The van der Waals surface area contributed by atoms with Crippen molar-refractivity contribution < 1.29 is 19.4 Å². The van der Waals surface area contributed by atoms with Gasteiger partial charge in [-0.25, -0.2) is 4.79 Å². The standard InChI is InChI=1S/C20H21N5O4/c21-11-5-10-18(19(26)27)25(24-23-22)20(28)29-12-17-15-8-3-1-6-13(15)14-7-2-4-9-16(14)17/h1-4,6-9,17-18H,5,10-12,21H2,(H,26,27)/t18-/m0/s1. The summed E-state index contributed by atoms with van der Waals surface area (Å²) in [6.07, 6.45) is -0.603. The first-order valence-electron chi connectivity index (χ1n) is 9.20. The van der Waals surface area contributed by atoms with Crippen molar-refractivity contribution in [2.45, 2.75) is 24.8 Å². The molecule has 1 aliphatic rings. The molecule has 1 aliphatic carbocycles. The molecule has 0 heterocycles. The molecule has 2 aromatic carbocycles. The highest BCUT2D eigenvalue weighted by molar-refractivity contribution is 5.81. The monoisotopic (exact) mass is 395 g/mol. The van der Waals surface area contributed by atoms with Crippen LogP contribution in [0.1, 0.15) is 29.9 Å². The van der Waals surface area contributed by atoms with E-state index in [2.05, 4.69) is 10.1 Å². The van der Waals surface area contributed by atoms with E-state index < -0.39 is 18.1 Å². The molecule has 1 atom stereocenters. The molecule has 150 valence electrons. The van der Waals surface area contributed by atoms with E-state index in [0.717, 1.165) is 22.3 Å². The van der Waals surface area contributed by atoms with Gasteiger partial charge in [0.25, 0.3) is 0 Å². The van der Waals surface area contributed by atoms with Crippen LogP contribution in [-0.2, 0) is 9.53 Å². The van der Waals surface area contributed by atoms with Gasteiger partial charge in [0.2, 0.25) is 6.04 Å². The summed E-state index contributed by atoms with van der Waals surface area (Å²) >= 11 is 0. The van der Waals surface area contributed by atoms with E-state index in [1.54, 1.807) is 0 Å². The van der Waals surface area contributed by atoms with E-state index in [9.17, 15) is 14.7 Å². The Balaban J connectivity index is 1.80. The molecule has 0 saturated carbocycles. The van der Waals surface area contributed by atoms with Crippen LogP contribution in [0.15, 0.2) is 53.8 Å². The van der Waals surface area contributed by atoms with Crippen LogP contribution in [-0.4, -0.2) is 41.4 Å². The van der Waals surface area contributed by atoms with Gasteiger partial charge in [-0.3, -0.25) is 0 Å². The fraction of sp³-hybridized carbons (Fsp3) is 0.300. The highest BCUT2D eigenvalue weighted by Gasteiger charge is 2.36. The number of hydrogen-bond donors (Lipinski definition) is 2. The Morgan fingerprint density at radius 3 is 2.28 bits per heavy atom. The number of nitrogens with two attached hydrogens (primary N) is 1. The zero-order valence-corrected chi connectivity index (χ0v) is 15.6. The largest absolute Gasteiger partial charge is 0.511 e. The van der Waals surface area contributed by atoms with Crippen LogP contribution in [0, 0.1) is 0 Å². The molecule has 0 aromatic heterocycles. The SMILES string of the molecule is [N-]=[N+]=NN(C(=O)OCC1c2ccccc2-c2ccccc21)[C@@H](CCCN)C(=O)O. The summed E-state index contributed by atoms with van der Waals surface area (Å²) in [5.41, 5.74) is 18.4. The van der Waals surface area contributed by atoms with E-state index in [1.807, 2.05) is 48.5 Å². The van der Waals surface area contributed by atoms with Crippen LogP contribution in [0.2, 0.25) is 0 Å². The molecule has 2 aromatic rings. The van der Waals surface area contributed by atoms with Gasteiger partial charge in [-0.05, 0) is 40.4 Å². The third kappa shape index (κ3) is 4.16. The lowest BCUT2D eigenvalue weighted by atomic mass is 9.98. The number of amides is 1. The molecule has 0 fully saturated rings. The van der Waals surface area contributed by atoms with Crippen molar-refractivity contribution >= 4 is 12.1 Å². The van der Waals surface area contributed by atoms with Gasteiger partial charge in [-0.1, -0.05) is 48.5 Å². The van der Waals surface area contributed by atoms with E-state index in [1.165, 1.54) is 0 Å². The third-order valence-electron chi connectivity index (χ3n) is 4.92.